The maximum Gasteiger partial charge on any atom is 0.435 e. The van der Waals surface area contributed by atoms with Crippen molar-refractivity contribution < 1.29 is 27.1 Å². The van der Waals surface area contributed by atoms with Gasteiger partial charge >= 0.3 is 6.18 Å². The first-order valence-corrected chi connectivity index (χ1v) is 9.54. The molecule has 2 heterocycles. The van der Waals surface area contributed by atoms with Gasteiger partial charge in [0.05, 0.1) is 17.6 Å². The van der Waals surface area contributed by atoms with Gasteiger partial charge in [0.25, 0.3) is 5.91 Å². The molecule has 0 aliphatic heterocycles. The van der Waals surface area contributed by atoms with Crippen molar-refractivity contribution in [3.05, 3.63) is 95.7 Å². The average Bonchev–Trinajstić information content (AvgIpc) is 3.26. The van der Waals surface area contributed by atoms with E-state index < -0.39 is 29.3 Å². The van der Waals surface area contributed by atoms with E-state index in [1.165, 1.54) is 18.3 Å². The van der Waals surface area contributed by atoms with Crippen LogP contribution in [-0.4, -0.2) is 25.9 Å². The maximum absolute atomic E-state index is 13.7. The van der Waals surface area contributed by atoms with Gasteiger partial charge in [-0.2, -0.15) is 13.2 Å². The quantitative estimate of drug-likeness (QED) is 0.426. The third-order valence-corrected chi connectivity index (χ3v) is 4.45. The lowest BCUT2D eigenvalue weighted by atomic mass is 10.2. The van der Waals surface area contributed by atoms with Gasteiger partial charge in [0.15, 0.2) is 11.4 Å². The number of rotatable bonds is 6. The standard InChI is InChI=1S/C22H15F4N5O2/c23-15-6-9-17(10-7-15)31-20(22(24,25)26)19(29-30-31)21(32)28-16-8-11-18(27-12-16)33-13-14-4-2-1-3-5-14/h1-12H,13H2,(H,28,32). The molecule has 0 aliphatic rings. The number of ether oxygens (including phenoxy) is 1. The van der Waals surface area contributed by atoms with Crippen LogP contribution in [0.25, 0.3) is 5.69 Å². The van der Waals surface area contributed by atoms with Crippen molar-refractivity contribution in [3.8, 4) is 11.6 Å². The Morgan fingerprint density at radius 2 is 1.73 bits per heavy atom. The van der Waals surface area contributed by atoms with Gasteiger partial charge < -0.3 is 10.1 Å². The van der Waals surface area contributed by atoms with Crippen molar-refractivity contribution in [2.45, 2.75) is 12.8 Å². The van der Waals surface area contributed by atoms with E-state index >= 15 is 0 Å². The lowest BCUT2D eigenvalue weighted by molar-refractivity contribution is -0.143. The zero-order valence-corrected chi connectivity index (χ0v) is 16.8. The molecule has 0 atom stereocenters. The second kappa shape index (κ2) is 9.07. The predicted octanol–water partition coefficient (Wildman–Crippen LogP) is 4.65. The summed E-state index contributed by atoms with van der Waals surface area (Å²) in [5.41, 5.74) is -1.35. The topological polar surface area (TPSA) is 81.9 Å². The average molecular weight is 457 g/mol. The van der Waals surface area contributed by atoms with Crippen LogP contribution in [0.4, 0.5) is 23.2 Å². The molecule has 4 rings (SSSR count). The van der Waals surface area contributed by atoms with Crippen molar-refractivity contribution in [2.24, 2.45) is 0 Å². The normalized spacial score (nSPS) is 11.3. The van der Waals surface area contributed by atoms with Gasteiger partial charge in [-0.05, 0) is 35.9 Å². The fourth-order valence-corrected chi connectivity index (χ4v) is 2.91. The first-order valence-electron chi connectivity index (χ1n) is 9.54. The summed E-state index contributed by atoms with van der Waals surface area (Å²) in [4.78, 5) is 16.6. The van der Waals surface area contributed by atoms with E-state index in [1.807, 2.05) is 30.3 Å². The zero-order chi connectivity index (χ0) is 23.4. The molecule has 0 saturated heterocycles. The minimum absolute atomic E-state index is 0.100. The molecule has 0 spiro atoms. The number of benzene rings is 2. The highest BCUT2D eigenvalue weighted by molar-refractivity contribution is 6.03. The van der Waals surface area contributed by atoms with Crippen molar-refractivity contribution in [3.63, 3.8) is 0 Å². The number of hydrogen-bond donors (Lipinski definition) is 1. The lowest BCUT2D eigenvalue weighted by Gasteiger charge is -2.11. The Morgan fingerprint density at radius 3 is 2.36 bits per heavy atom. The fourth-order valence-electron chi connectivity index (χ4n) is 2.91. The molecule has 0 radical (unpaired) electrons. The SMILES string of the molecule is O=C(Nc1ccc(OCc2ccccc2)nc1)c1nnn(-c2ccc(F)cc2)c1C(F)(F)F. The molecule has 0 bridgehead atoms. The molecular weight excluding hydrogens is 442 g/mol. The second-order valence-electron chi connectivity index (χ2n) is 6.79. The minimum atomic E-state index is -4.95. The van der Waals surface area contributed by atoms with Crippen LogP contribution in [0.5, 0.6) is 5.88 Å². The Kier molecular flexibility index (Phi) is 6.03. The molecule has 1 amide bonds. The Labute approximate surface area is 184 Å². The predicted molar refractivity (Wildman–Crippen MR) is 109 cm³/mol. The molecule has 0 fully saturated rings. The first-order chi connectivity index (χ1) is 15.8. The summed E-state index contributed by atoms with van der Waals surface area (Å²) in [7, 11) is 0. The Bertz CT molecular complexity index is 1240. The van der Waals surface area contributed by atoms with Crippen molar-refractivity contribution >= 4 is 11.6 Å². The van der Waals surface area contributed by atoms with Crippen LogP contribution in [-0.2, 0) is 12.8 Å². The summed E-state index contributed by atoms with van der Waals surface area (Å²) >= 11 is 0. The van der Waals surface area contributed by atoms with Crippen molar-refractivity contribution in [1.82, 2.24) is 20.0 Å². The Hall–Kier alpha value is -4.28. The molecule has 1 N–H and O–H groups in total. The van der Waals surface area contributed by atoms with Crippen LogP contribution in [0.1, 0.15) is 21.7 Å². The smallest absolute Gasteiger partial charge is 0.435 e. The van der Waals surface area contributed by atoms with E-state index in [-0.39, 0.29) is 23.9 Å². The molecular formula is C22H15F4N5O2. The minimum Gasteiger partial charge on any atom is -0.473 e. The number of hydrogen-bond acceptors (Lipinski definition) is 5. The van der Waals surface area contributed by atoms with Gasteiger partial charge in [-0.3, -0.25) is 4.79 Å². The highest BCUT2D eigenvalue weighted by atomic mass is 19.4. The third-order valence-electron chi connectivity index (χ3n) is 4.45. The second-order valence-corrected chi connectivity index (χ2v) is 6.79. The van der Waals surface area contributed by atoms with Crippen molar-refractivity contribution in [1.29, 1.82) is 0 Å². The molecule has 168 valence electrons. The van der Waals surface area contributed by atoms with Gasteiger partial charge in [-0.25, -0.2) is 14.1 Å². The number of anilines is 1. The summed E-state index contributed by atoms with van der Waals surface area (Å²) in [6, 6.07) is 16.4. The van der Waals surface area contributed by atoms with Gasteiger partial charge in [0.2, 0.25) is 5.88 Å². The number of amides is 1. The molecule has 33 heavy (non-hydrogen) atoms. The van der Waals surface area contributed by atoms with E-state index in [1.54, 1.807) is 0 Å². The molecule has 0 aliphatic carbocycles. The van der Waals surface area contributed by atoms with E-state index in [4.69, 9.17) is 4.74 Å². The van der Waals surface area contributed by atoms with Gasteiger partial charge in [0, 0.05) is 6.07 Å². The van der Waals surface area contributed by atoms with Gasteiger partial charge in [-0.1, -0.05) is 35.5 Å². The number of nitrogens with zero attached hydrogens (tertiary/aromatic N) is 4. The molecule has 0 saturated carbocycles. The number of nitrogens with one attached hydrogen (secondary N) is 1. The monoisotopic (exact) mass is 457 g/mol. The summed E-state index contributed by atoms with van der Waals surface area (Å²) in [5.74, 6) is -1.49. The highest BCUT2D eigenvalue weighted by Crippen LogP contribution is 2.33. The summed E-state index contributed by atoms with van der Waals surface area (Å²) in [6.45, 7) is 0.279. The van der Waals surface area contributed by atoms with Crippen LogP contribution < -0.4 is 10.1 Å². The van der Waals surface area contributed by atoms with E-state index in [9.17, 15) is 22.4 Å². The number of carbonyl (C=O) groups is 1. The number of aromatic nitrogens is 4. The number of alkyl halides is 3. The number of halogens is 4. The number of pyridine rings is 1. The largest absolute Gasteiger partial charge is 0.473 e. The Morgan fingerprint density at radius 1 is 1.00 bits per heavy atom. The van der Waals surface area contributed by atoms with Crippen LogP contribution in [0, 0.1) is 5.82 Å². The molecule has 2 aromatic carbocycles. The van der Waals surface area contributed by atoms with Gasteiger partial charge in [0.1, 0.15) is 12.4 Å². The number of carbonyl (C=O) groups excluding carboxylic acids is 1. The molecule has 7 nitrogen and oxygen atoms in total. The zero-order valence-electron chi connectivity index (χ0n) is 16.8. The summed E-state index contributed by atoms with van der Waals surface area (Å²) < 4.78 is 60.2. The van der Waals surface area contributed by atoms with E-state index in [0.29, 0.717) is 4.68 Å². The van der Waals surface area contributed by atoms with Crippen molar-refractivity contribution in [2.75, 3.05) is 5.32 Å². The van der Waals surface area contributed by atoms with Crippen LogP contribution in [0.2, 0.25) is 0 Å². The van der Waals surface area contributed by atoms with E-state index in [2.05, 4.69) is 20.6 Å². The molecule has 2 aromatic heterocycles. The van der Waals surface area contributed by atoms with Crippen LogP contribution in [0.15, 0.2) is 72.9 Å². The Balaban J connectivity index is 1.50. The van der Waals surface area contributed by atoms with E-state index in [0.717, 1.165) is 29.8 Å². The molecule has 0 unspecified atom stereocenters. The molecule has 11 heteroatoms. The first kappa shape index (κ1) is 21.9. The summed E-state index contributed by atoms with van der Waals surface area (Å²) in [6.07, 6.45) is -3.70. The lowest BCUT2D eigenvalue weighted by Crippen LogP contribution is -2.21. The molecule has 4 aromatic rings. The van der Waals surface area contributed by atoms with Crippen LogP contribution in [0.3, 0.4) is 0 Å². The maximum atomic E-state index is 13.7. The third kappa shape index (κ3) is 5.14. The van der Waals surface area contributed by atoms with Crippen LogP contribution >= 0.6 is 0 Å². The summed E-state index contributed by atoms with van der Waals surface area (Å²) in [5, 5.41) is 9.15. The fraction of sp³-hybridized carbons (Fsp3) is 0.0909. The highest BCUT2D eigenvalue weighted by Gasteiger charge is 2.42. The van der Waals surface area contributed by atoms with Gasteiger partial charge in [-0.15, -0.1) is 5.10 Å².